The fraction of sp³-hybridized carbons (Fsp3) is 0.375. The highest BCUT2D eigenvalue weighted by molar-refractivity contribution is 5.80. The smallest absolute Gasteiger partial charge is 0.328 e. The summed E-state index contributed by atoms with van der Waals surface area (Å²) < 4.78 is 4.50. The number of hydrogen-bond acceptors (Lipinski definition) is 2. The number of aliphatic carboxylic acids is 1. The van der Waals surface area contributed by atoms with Gasteiger partial charge >= 0.3 is 5.97 Å². The van der Waals surface area contributed by atoms with Gasteiger partial charge in [0, 0.05) is 6.08 Å². The van der Waals surface area contributed by atoms with Crippen molar-refractivity contribution in [2.75, 3.05) is 13.2 Å². The number of allylic oxidation sites excluding steroid dienone is 3. The molecule has 0 atom stereocenters. The topological polar surface area (TPSA) is 49.8 Å². The zero-order valence-electron chi connectivity index (χ0n) is 6.49. The number of epoxide rings is 1. The molecule has 0 aliphatic carbocycles. The molecule has 0 saturated carbocycles. The van der Waals surface area contributed by atoms with Crippen LogP contribution in [0.15, 0.2) is 24.3 Å². The molecule has 1 saturated heterocycles. The minimum atomic E-state index is -0.914. The van der Waals surface area contributed by atoms with Gasteiger partial charge in [0.15, 0.2) is 0 Å². The van der Waals surface area contributed by atoms with Crippen molar-refractivity contribution in [3.63, 3.8) is 0 Å². The van der Waals surface area contributed by atoms with E-state index in [-0.39, 0.29) is 0 Å². The molecule has 3 nitrogen and oxygen atoms in total. The highest BCUT2D eigenvalue weighted by atomic mass is 16.6. The molecule has 0 bridgehead atoms. The number of ether oxygens (including phenoxy) is 1. The largest absolute Gasteiger partial charge is 0.478 e. The van der Waals surface area contributed by atoms with Crippen LogP contribution in [0.1, 0.15) is 6.92 Å². The Morgan fingerprint density at radius 2 is 2.00 bits per heavy atom. The van der Waals surface area contributed by atoms with Gasteiger partial charge < -0.3 is 9.84 Å². The molecule has 62 valence electrons. The van der Waals surface area contributed by atoms with Crippen molar-refractivity contribution in [1.29, 1.82) is 0 Å². The van der Waals surface area contributed by atoms with Gasteiger partial charge in [0.05, 0.1) is 13.2 Å². The first-order valence-electron chi connectivity index (χ1n) is 3.37. The van der Waals surface area contributed by atoms with Crippen molar-refractivity contribution in [1.82, 2.24) is 0 Å². The van der Waals surface area contributed by atoms with Crippen LogP contribution >= 0.6 is 0 Å². The molecule has 3 heteroatoms. The van der Waals surface area contributed by atoms with Gasteiger partial charge in [-0.2, -0.15) is 0 Å². The van der Waals surface area contributed by atoms with E-state index in [9.17, 15) is 4.79 Å². The highest BCUT2D eigenvalue weighted by Crippen LogP contribution is 1.84. The summed E-state index contributed by atoms with van der Waals surface area (Å²) in [5, 5.41) is 8.02. The maximum atomic E-state index is 9.75. The zero-order valence-corrected chi connectivity index (χ0v) is 6.49. The number of carbonyl (C=O) groups is 1. The minimum absolute atomic E-state index is 0.914. The SMILES string of the molecule is C/C=C/C=C/C(=O)O.C1CO1. The average Bonchev–Trinajstić information content (AvgIpc) is 2.71. The molecular formula is C8H12O3. The van der Waals surface area contributed by atoms with Crippen LogP contribution in [0.3, 0.4) is 0 Å². The van der Waals surface area contributed by atoms with Gasteiger partial charge in [-0.25, -0.2) is 4.79 Å². The summed E-state index contributed by atoms with van der Waals surface area (Å²) in [5.41, 5.74) is 0. The van der Waals surface area contributed by atoms with Crippen LogP contribution in [0.25, 0.3) is 0 Å². The van der Waals surface area contributed by atoms with Crippen molar-refractivity contribution in [2.24, 2.45) is 0 Å². The van der Waals surface area contributed by atoms with Gasteiger partial charge in [0.2, 0.25) is 0 Å². The van der Waals surface area contributed by atoms with E-state index in [0.717, 1.165) is 19.3 Å². The molecule has 0 aromatic rings. The van der Waals surface area contributed by atoms with E-state index in [1.165, 1.54) is 6.08 Å². The van der Waals surface area contributed by atoms with Gasteiger partial charge in [-0.1, -0.05) is 18.2 Å². The summed E-state index contributed by atoms with van der Waals surface area (Å²) >= 11 is 0. The van der Waals surface area contributed by atoms with Gasteiger partial charge in [-0.15, -0.1) is 0 Å². The molecule has 0 aromatic carbocycles. The Morgan fingerprint density at radius 3 is 2.27 bits per heavy atom. The average molecular weight is 156 g/mol. The third-order valence-corrected chi connectivity index (χ3v) is 0.746. The third-order valence-electron chi connectivity index (χ3n) is 0.746. The Kier molecular flexibility index (Phi) is 6.33. The second-order valence-corrected chi connectivity index (χ2v) is 1.84. The molecule has 0 aromatic heterocycles. The van der Waals surface area contributed by atoms with Crippen LogP contribution < -0.4 is 0 Å². The fourth-order valence-electron chi connectivity index (χ4n) is 0.249. The van der Waals surface area contributed by atoms with E-state index in [4.69, 9.17) is 5.11 Å². The predicted molar refractivity (Wildman–Crippen MR) is 42.4 cm³/mol. The van der Waals surface area contributed by atoms with Crippen LogP contribution in [-0.4, -0.2) is 24.3 Å². The highest BCUT2D eigenvalue weighted by Gasteiger charge is 1.94. The summed E-state index contributed by atoms with van der Waals surface area (Å²) in [7, 11) is 0. The first kappa shape index (κ1) is 9.91. The molecule has 1 heterocycles. The monoisotopic (exact) mass is 156 g/mol. The van der Waals surface area contributed by atoms with Crippen LogP contribution in [0, 0.1) is 0 Å². The minimum Gasteiger partial charge on any atom is -0.478 e. The fourth-order valence-corrected chi connectivity index (χ4v) is 0.249. The molecule has 0 amide bonds. The standard InChI is InChI=1S/C6H8O2.C2H4O/c1-2-3-4-5-6(7)8;1-2-3-1/h2-5H,1H3,(H,7,8);1-2H2/b3-2+,5-4+;. The summed E-state index contributed by atoms with van der Waals surface area (Å²) in [6.45, 7) is 3.83. The molecule has 1 N–H and O–H groups in total. The second kappa shape index (κ2) is 7.02. The lowest BCUT2D eigenvalue weighted by Crippen LogP contribution is -1.83. The molecule has 1 fully saturated rings. The molecule has 11 heavy (non-hydrogen) atoms. The Hall–Kier alpha value is -1.09. The van der Waals surface area contributed by atoms with Gasteiger partial charge in [-0.05, 0) is 6.92 Å². The third kappa shape index (κ3) is 17.6. The van der Waals surface area contributed by atoms with Gasteiger partial charge in [-0.3, -0.25) is 0 Å². The molecule has 1 rings (SSSR count). The lowest BCUT2D eigenvalue weighted by atomic mass is 10.4. The van der Waals surface area contributed by atoms with Crippen molar-refractivity contribution in [3.8, 4) is 0 Å². The second-order valence-electron chi connectivity index (χ2n) is 1.84. The Morgan fingerprint density at radius 1 is 1.45 bits per heavy atom. The summed E-state index contributed by atoms with van der Waals surface area (Å²) in [5.74, 6) is -0.914. The number of carboxylic acids is 1. The van der Waals surface area contributed by atoms with E-state index in [0.29, 0.717) is 0 Å². The molecule has 1 aliphatic heterocycles. The maximum Gasteiger partial charge on any atom is 0.328 e. The lowest BCUT2D eigenvalue weighted by molar-refractivity contribution is -0.131. The maximum absolute atomic E-state index is 9.75. The summed E-state index contributed by atoms with van der Waals surface area (Å²) in [4.78, 5) is 9.75. The van der Waals surface area contributed by atoms with Crippen LogP contribution in [0.5, 0.6) is 0 Å². The first-order chi connectivity index (χ1) is 5.27. The van der Waals surface area contributed by atoms with E-state index in [1.54, 1.807) is 12.2 Å². The zero-order chi connectivity index (χ0) is 8.53. The van der Waals surface area contributed by atoms with Crippen molar-refractivity contribution in [3.05, 3.63) is 24.3 Å². The molecule has 0 spiro atoms. The number of rotatable bonds is 2. The molecular weight excluding hydrogens is 144 g/mol. The van der Waals surface area contributed by atoms with Crippen LogP contribution in [0.2, 0.25) is 0 Å². The van der Waals surface area contributed by atoms with Crippen molar-refractivity contribution < 1.29 is 14.6 Å². The van der Waals surface area contributed by atoms with Gasteiger partial charge in [0.1, 0.15) is 0 Å². The summed E-state index contributed by atoms with van der Waals surface area (Å²) in [6.07, 6.45) is 5.98. The van der Waals surface area contributed by atoms with Gasteiger partial charge in [0.25, 0.3) is 0 Å². The molecule has 0 unspecified atom stereocenters. The quantitative estimate of drug-likeness (QED) is 0.371. The van der Waals surface area contributed by atoms with E-state index < -0.39 is 5.97 Å². The Labute approximate surface area is 66.0 Å². The van der Waals surface area contributed by atoms with Crippen LogP contribution in [0.4, 0.5) is 0 Å². The molecule has 0 radical (unpaired) electrons. The van der Waals surface area contributed by atoms with Crippen molar-refractivity contribution in [2.45, 2.75) is 6.92 Å². The van der Waals surface area contributed by atoms with Crippen molar-refractivity contribution >= 4 is 5.97 Å². The lowest BCUT2D eigenvalue weighted by Gasteiger charge is -1.72. The first-order valence-corrected chi connectivity index (χ1v) is 3.37. The normalized spacial score (nSPS) is 14.6. The van der Waals surface area contributed by atoms with E-state index in [1.807, 2.05) is 6.92 Å². The van der Waals surface area contributed by atoms with E-state index in [2.05, 4.69) is 4.74 Å². The molecule has 1 aliphatic rings. The van der Waals surface area contributed by atoms with Crippen LogP contribution in [-0.2, 0) is 9.53 Å². The Bertz CT molecular complexity index is 154. The predicted octanol–water partition coefficient (Wildman–Crippen LogP) is 1.22. The van der Waals surface area contributed by atoms with E-state index >= 15 is 0 Å². The number of hydrogen-bond donors (Lipinski definition) is 1. The Balaban J connectivity index is 0.000000271. The number of carboxylic acid groups (broad SMARTS) is 1. The summed E-state index contributed by atoms with van der Waals surface area (Å²) in [6, 6.07) is 0.